The van der Waals surface area contributed by atoms with E-state index in [0.29, 0.717) is 17.1 Å². The minimum atomic E-state index is -4.01. The number of sulfonamides is 1. The first-order valence-corrected chi connectivity index (χ1v) is 13.9. The van der Waals surface area contributed by atoms with Gasteiger partial charge in [0.15, 0.2) is 0 Å². The molecule has 0 spiro atoms. The van der Waals surface area contributed by atoms with Crippen molar-refractivity contribution in [3.05, 3.63) is 88.9 Å². The van der Waals surface area contributed by atoms with Gasteiger partial charge in [0.05, 0.1) is 16.6 Å². The second kappa shape index (κ2) is 10.5. The highest BCUT2D eigenvalue weighted by Gasteiger charge is 2.39. The van der Waals surface area contributed by atoms with Crippen molar-refractivity contribution < 1.29 is 17.9 Å². The lowest BCUT2D eigenvalue weighted by molar-refractivity contribution is -0.121. The van der Waals surface area contributed by atoms with Crippen LogP contribution in [0.1, 0.15) is 50.3 Å². The van der Waals surface area contributed by atoms with E-state index in [0.717, 1.165) is 34.0 Å². The first kappa shape index (κ1) is 26.0. The van der Waals surface area contributed by atoms with Gasteiger partial charge in [0.1, 0.15) is 17.9 Å². The molecule has 0 fully saturated rings. The highest BCUT2D eigenvalue weighted by Crippen LogP contribution is 2.42. The van der Waals surface area contributed by atoms with Crippen molar-refractivity contribution in [1.29, 1.82) is 0 Å². The molecular formula is C28H31ClN2O4S. The number of rotatable bonds is 8. The molecular weight excluding hydrogens is 496 g/mol. The van der Waals surface area contributed by atoms with E-state index >= 15 is 0 Å². The Hall–Kier alpha value is -3.03. The molecule has 1 aliphatic rings. The van der Waals surface area contributed by atoms with Crippen LogP contribution < -0.4 is 14.4 Å². The van der Waals surface area contributed by atoms with Crippen molar-refractivity contribution in [2.75, 3.05) is 10.8 Å². The van der Waals surface area contributed by atoms with Crippen LogP contribution in [-0.4, -0.2) is 26.5 Å². The number of hydrogen-bond acceptors (Lipinski definition) is 4. The van der Waals surface area contributed by atoms with Gasteiger partial charge >= 0.3 is 0 Å². The number of nitrogens with zero attached hydrogens (tertiary/aromatic N) is 1. The zero-order valence-electron chi connectivity index (χ0n) is 20.7. The number of aryl methyl sites for hydroxylation is 1. The van der Waals surface area contributed by atoms with E-state index in [-0.39, 0.29) is 17.5 Å². The number of carbonyl (C=O) groups is 1. The number of hydrogen-bond donors (Lipinski definition) is 1. The van der Waals surface area contributed by atoms with Gasteiger partial charge in [-0.1, -0.05) is 61.3 Å². The number of para-hydroxylation sites is 1. The molecule has 36 heavy (non-hydrogen) atoms. The molecule has 0 unspecified atom stereocenters. The molecule has 4 rings (SSSR count). The van der Waals surface area contributed by atoms with Crippen molar-refractivity contribution in [2.45, 2.75) is 56.6 Å². The zero-order chi connectivity index (χ0) is 25.9. The van der Waals surface area contributed by atoms with E-state index in [1.807, 2.05) is 31.2 Å². The molecule has 3 aromatic carbocycles. The van der Waals surface area contributed by atoms with E-state index in [2.05, 4.69) is 19.2 Å². The molecule has 0 bridgehead atoms. The van der Waals surface area contributed by atoms with E-state index in [9.17, 15) is 13.2 Å². The van der Waals surface area contributed by atoms with Crippen molar-refractivity contribution >= 4 is 33.2 Å². The molecule has 1 atom stereocenters. The van der Waals surface area contributed by atoms with Crippen LogP contribution >= 0.6 is 11.6 Å². The van der Waals surface area contributed by atoms with E-state index < -0.39 is 21.5 Å². The van der Waals surface area contributed by atoms with Gasteiger partial charge in [-0.25, -0.2) is 8.42 Å². The first-order valence-electron chi connectivity index (χ1n) is 12.1. The lowest BCUT2D eigenvalue weighted by Crippen LogP contribution is -2.47. The summed E-state index contributed by atoms with van der Waals surface area (Å²) in [5.74, 6) is 0.350. The van der Waals surface area contributed by atoms with E-state index in [1.54, 1.807) is 48.5 Å². The predicted octanol–water partition coefficient (Wildman–Crippen LogP) is 6.04. The average Bonchev–Trinajstić information content (AvgIpc) is 2.88. The number of halogens is 1. The standard InChI is InChI=1S/C28H31ClN2O4S/c1-4-28(5-2)18-25(24-8-6-7-9-26(24)35-28)30-27(32)19-31(22-14-12-21(29)13-15-22)36(33,34)23-16-10-20(3)11-17-23/h6-17,25H,4-5,18-19H2,1-3H3,(H,30,32)/t25-/m0/s1. The van der Waals surface area contributed by atoms with Gasteiger partial charge in [0, 0.05) is 17.0 Å². The second-order valence-corrected chi connectivity index (χ2v) is 11.5. The summed E-state index contributed by atoms with van der Waals surface area (Å²) in [6.07, 6.45) is 2.19. The van der Waals surface area contributed by atoms with Crippen LogP contribution in [0.3, 0.4) is 0 Å². The maximum atomic E-state index is 13.6. The number of fused-ring (bicyclic) bond motifs is 1. The van der Waals surface area contributed by atoms with Crippen molar-refractivity contribution in [3.8, 4) is 5.75 Å². The normalized spacial score (nSPS) is 16.5. The van der Waals surface area contributed by atoms with Gasteiger partial charge in [0.25, 0.3) is 10.0 Å². The van der Waals surface area contributed by atoms with E-state index in [1.165, 1.54) is 0 Å². The van der Waals surface area contributed by atoms with Crippen molar-refractivity contribution in [3.63, 3.8) is 0 Å². The summed E-state index contributed by atoms with van der Waals surface area (Å²) in [6.45, 7) is 5.67. The van der Waals surface area contributed by atoms with E-state index in [4.69, 9.17) is 16.3 Å². The topological polar surface area (TPSA) is 75.7 Å². The van der Waals surface area contributed by atoms with Crippen LogP contribution in [0.2, 0.25) is 5.02 Å². The fraction of sp³-hybridized carbons (Fsp3) is 0.321. The van der Waals surface area contributed by atoms with Gasteiger partial charge in [-0.2, -0.15) is 0 Å². The summed E-state index contributed by atoms with van der Waals surface area (Å²) in [5.41, 5.74) is 1.80. The summed E-state index contributed by atoms with van der Waals surface area (Å²) in [4.78, 5) is 13.5. The third-order valence-corrected chi connectivity index (χ3v) is 8.87. The molecule has 0 radical (unpaired) electrons. The van der Waals surface area contributed by atoms with Crippen LogP contribution in [0.5, 0.6) is 5.75 Å². The number of nitrogens with one attached hydrogen (secondary N) is 1. The summed E-state index contributed by atoms with van der Waals surface area (Å²) in [6, 6.07) is 20.4. The molecule has 1 N–H and O–H groups in total. The monoisotopic (exact) mass is 526 g/mol. The molecule has 190 valence electrons. The van der Waals surface area contributed by atoms with Gasteiger partial charge < -0.3 is 10.1 Å². The summed E-state index contributed by atoms with van der Waals surface area (Å²) in [7, 11) is -4.01. The molecule has 0 aromatic heterocycles. The van der Waals surface area contributed by atoms with Gasteiger partial charge in [-0.05, 0) is 62.2 Å². The Kier molecular flexibility index (Phi) is 7.62. The molecule has 6 nitrogen and oxygen atoms in total. The SMILES string of the molecule is CCC1(CC)C[C@H](NC(=O)CN(c2ccc(Cl)cc2)S(=O)(=O)c2ccc(C)cc2)c2ccccc2O1. The van der Waals surface area contributed by atoms with Crippen molar-refractivity contribution in [2.24, 2.45) is 0 Å². The lowest BCUT2D eigenvalue weighted by atomic mass is 9.83. The maximum Gasteiger partial charge on any atom is 0.264 e. The third kappa shape index (κ3) is 5.37. The molecule has 1 aliphatic heterocycles. The molecule has 0 saturated carbocycles. The molecule has 0 aliphatic carbocycles. The number of amides is 1. The number of ether oxygens (including phenoxy) is 1. The smallest absolute Gasteiger partial charge is 0.264 e. The number of anilines is 1. The largest absolute Gasteiger partial charge is 0.487 e. The quantitative estimate of drug-likeness (QED) is 0.388. The minimum Gasteiger partial charge on any atom is -0.487 e. The summed E-state index contributed by atoms with van der Waals surface area (Å²) in [5, 5.41) is 3.57. The number of carbonyl (C=O) groups excluding carboxylic acids is 1. The summed E-state index contributed by atoms with van der Waals surface area (Å²) >= 11 is 6.04. The fourth-order valence-corrected chi connectivity index (χ4v) is 6.11. The Morgan fingerprint density at radius 2 is 1.67 bits per heavy atom. The van der Waals surface area contributed by atoms with Crippen molar-refractivity contribution in [1.82, 2.24) is 5.32 Å². The molecule has 0 saturated heterocycles. The molecule has 8 heteroatoms. The van der Waals surface area contributed by atoms with Crippen LogP contribution in [0.4, 0.5) is 5.69 Å². The Morgan fingerprint density at radius 1 is 1.03 bits per heavy atom. The van der Waals surface area contributed by atoms with Gasteiger partial charge in [-0.15, -0.1) is 0 Å². The highest BCUT2D eigenvalue weighted by atomic mass is 35.5. The minimum absolute atomic E-state index is 0.114. The number of benzene rings is 3. The third-order valence-electron chi connectivity index (χ3n) is 6.83. The Bertz CT molecular complexity index is 1320. The maximum absolute atomic E-state index is 13.6. The predicted molar refractivity (Wildman–Crippen MR) is 143 cm³/mol. The Morgan fingerprint density at radius 3 is 2.31 bits per heavy atom. The first-order chi connectivity index (χ1) is 17.2. The average molecular weight is 527 g/mol. The molecule has 1 heterocycles. The fourth-order valence-electron chi connectivity index (χ4n) is 4.56. The van der Waals surface area contributed by atoms with Crippen LogP contribution in [-0.2, 0) is 14.8 Å². The molecule has 3 aromatic rings. The lowest BCUT2D eigenvalue weighted by Gasteiger charge is -2.41. The van der Waals surface area contributed by atoms with Gasteiger partial charge in [0.2, 0.25) is 5.91 Å². The zero-order valence-corrected chi connectivity index (χ0v) is 22.3. The van der Waals surface area contributed by atoms with Crippen LogP contribution in [0.25, 0.3) is 0 Å². The van der Waals surface area contributed by atoms with Gasteiger partial charge in [-0.3, -0.25) is 9.10 Å². The second-order valence-electron chi connectivity index (χ2n) is 9.16. The Balaban J connectivity index is 1.65. The van der Waals surface area contributed by atoms with Crippen LogP contribution in [0, 0.1) is 6.92 Å². The molecule has 1 amide bonds. The van der Waals surface area contributed by atoms with Crippen LogP contribution in [0.15, 0.2) is 77.7 Å². The Labute approximate surface area is 218 Å². The highest BCUT2D eigenvalue weighted by molar-refractivity contribution is 7.92. The summed E-state index contributed by atoms with van der Waals surface area (Å²) < 4.78 is 34.8.